The zero-order chi connectivity index (χ0) is 6.57. The predicted octanol–water partition coefficient (Wildman–Crippen LogP) is -3.28. The van der Waals surface area contributed by atoms with E-state index in [-0.39, 0.29) is 37.7 Å². The predicted molar refractivity (Wildman–Crippen MR) is 22.1 cm³/mol. The third-order valence-electron chi connectivity index (χ3n) is 0.308. The van der Waals surface area contributed by atoms with Crippen molar-refractivity contribution in [2.24, 2.45) is 0 Å². The summed E-state index contributed by atoms with van der Waals surface area (Å²) in [6.45, 7) is -0.970. The topological polar surface area (TPSA) is 89.5 Å². The first-order chi connectivity index (χ1) is 3.63. The van der Waals surface area contributed by atoms with Crippen LogP contribution in [0.2, 0.25) is 0 Å². The van der Waals surface area contributed by atoms with E-state index in [2.05, 4.69) is 4.74 Å². The van der Waals surface area contributed by atoms with Crippen LogP contribution in [-0.2, 0) is 9.53 Å². The van der Waals surface area contributed by atoms with E-state index in [1.165, 1.54) is 0 Å². The number of aliphatic carboxylic acids is 1. The first kappa shape index (κ1) is 11.8. The average Bonchev–Trinajstić information content (AvgIpc) is 1.61. The number of hydrogen-bond donors (Lipinski definition) is 0. The van der Waals surface area contributed by atoms with E-state index < -0.39 is 18.7 Å². The smallest absolute Gasteiger partial charge is 0.548 e. The van der Waals surface area contributed by atoms with Gasteiger partial charge in [0.1, 0.15) is 0 Å². The van der Waals surface area contributed by atoms with Gasteiger partial charge in [-0.1, -0.05) is 0 Å². The molecule has 0 aliphatic heterocycles. The molecule has 46 valence electrons. The monoisotopic (exact) mass is 158 g/mol. The third kappa shape index (κ3) is 11.5. The normalized spacial score (nSPS) is 7.11. The molecule has 9 heavy (non-hydrogen) atoms. The van der Waals surface area contributed by atoms with Gasteiger partial charge in [0.15, 0.2) is 0 Å². The standard InChI is InChI=1S/C3H4O5.Ca/c4-2(5)1-8-3(6)7;/h1H2,(H,4,5)(H,6,7);/q;+2/p-2. The fraction of sp³-hybridized carbons (Fsp3) is 0.333. The van der Waals surface area contributed by atoms with Crippen molar-refractivity contribution in [3.63, 3.8) is 0 Å². The van der Waals surface area contributed by atoms with Crippen molar-refractivity contribution in [1.29, 1.82) is 0 Å². The van der Waals surface area contributed by atoms with Crippen molar-refractivity contribution in [2.75, 3.05) is 6.61 Å². The van der Waals surface area contributed by atoms with Crippen molar-refractivity contribution in [3.8, 4) is 0 Å². The Balaban J connectivity index is 0. The van der Waals surface area contributed by atoms with Crippen molar-refractivity contribution in [3.05, 3.63) is 0 Å². The van der Waals surface area contributed by atoms with E-state index in [0.29, 0.717) is 0 Å². The van der Waals surface area contributed by atoms with Gasteiger partial charge in [-0.15, -0.1) is 0 Å². The molecule has 0 amide bonds. The molecule has 0 atom stereocenters. The van der Waals surface area contributed by atoms with E-state index in [0.717, 1.165) is 0 Å². The quantitative estimate of drug-likeness (QED) is 0.310. The molecule has 0 aromatic carbocycles. The molecule has 0 radical (unpaired) electrons. The second-order valence-electron chi connectivity index (χ2n) is 0.911. The Bertz CT molecular complexity index is 96.8. The molecule has 0 spiro atoms. The maximum atomic E-state index is 9.38. The molecule has 0 bridgehead atoms. The van der Waals surface area contributed by atoms with Crippen LogP contribution in [0, 0.1) is 0 Å². The molecule has 0 rings (SSSR count). The Morgan fingerprint density at radius 2 is 1.78 bits per heavy atom. The van der Waals surface area contributed by atoms with Gasteiger partial charge in [0.25, 0.3) is 6.16 Å². The first-order valence-corrected chi connectivity index (χ1v) is 1.66. The zero-order valence-corrected chi connectivity index (χ0v) is 6.66. The van der Waals surface area contributed by atoms with Crippen molar-refractivity contribution in [1.82, 2.24) is 0 Å². The van der Waals surface area contributed by atoms with Crippen LogP contribution < -0.4 is 10.2 Å². The summed E-state index contributed by atoms with van der Waals surface area (Å²) in [7, 11) is 0. The third-order valence-corrected chi connectivity index (χ3v) is 0.308. The van der Waals surface area contributed by atoms with Gasteiger partial charge < -0.3 is 24.5 Å². The molecule has 0 fully saturated rings. The molecule has 0 aliphatic rings. The van der Waals surface area contributed by atoms with Crippen molar-refractivity contribution >= 4 is 49.9 Å². The molecule has 0 unspecified atom stereocenters. The van der Waals surface area contributed by atoms with Crippen LogP contribution in [0.25, 0.3) is 0 Å². The Morgan fingerprint density at radius 3 is 1.89 bits per heavy atom. The summed E-state index contributed by atoms with van der Waals surface area (Å²) in [5.41, 5.74) is 0. The molecule has 0 aliphatic carbocycles. The fourth-order valence-corrected chi connectivity index (χ4v) is 0.118. The Hall–Kier alpha value is -0.000260. The van der Waals surface area contributed by atoms with Crippen molar-refractivity contribution < 1.29 is 24.5 Å². The van der Waals surface area contributed by atoms with Gasteiger partial charge in [0.2, 0.25) is 0 Å². The molecular formula is C3H2CaO5. The van der Waals surface area contributed by atoms with Gasteiger partial charge in [0, 0.05) is 0 Å². The molecule has 0 saturated carbocycles. The summed E-state index contributed by atoms with van der Waals surface area (Å²) in [5.74, 6) is -1.59. The number of carboxylic acids is 1. The number of carbonyl (C=O) groups excluding carboxylic acids is 2. The van der Waals surface area contributed by atoms with Crippen LogP contribution >= 0.6 is 0 Å². The van der Waals surface area contributed by atoms with Gasteiger partial charge >= 0.3 is 37.7 Å². The second-order valence-corrected chi connectivity index (χ2v) is 0.911. The molecule has 5 nitrogen and oxygen atoms in total. The summed E-state index contributed by atoms with van der Waals surface area (Å²) in [4.78, 5) is 18.7. The van der Waals surface area contributed by atoms with Crippen molar-refractivity contribution in [2.45, 2.75) is 0 Å². The molecule has 0 aromatic heterocycles. The summed E-state index contributed by atoms with van der Waals surface area (Å²) in [6.07, 6.45) is -1.87. The van der Waals surface area contributed by atoms with Gasteiger partial charge in [-0.25, -0.2) is 0 Å². The van der Waals surface area contributed by atoms with Crippen LogP contribution in [0.1, 0.15) is 0 Å². The average molecular weight is 158 g/mol. The molecule has 0 saturated heterocycles. The van der Waals surface area contributed by atoms with Gasteiger partial charge in [-0.05, 0) is 0 Å². The van der Waals surface area contributed by atoms with Gasteiger partial charge in [-0.3, -0.25) is 0 Å². The van der Waals surface area contributed by atoms with Crippen LogP contribution in [0.3, 0.4) is 0 Å². The summed E-state index contributed by atoms with van der Waals surface area (Å²) in [6, 6.07) is 0. The minimum Gasteiger partial charge on any atom is -0.548 e. The van der Waals surface area contributed by atoms with Crippen LogP contribution in [0.4, 0.5) is 4.79 Å². The maximum absolute atomic E-state index is 9.38. The van der Waals surface area contributed by atoms with E-state index >= 15 is 0 Å². The minimum absolute atomic E-state index is 0. The van der Waals surface area contributed by atoms with Gasteiger partial charge in [-0.2, -0.15) is 0 Å². The Kier molecular flexibility index (Phi) is 8.00. The summed E-state index contributed by atoms with van der Waals surface area (Å²) in [5, 5.41) is 18.7. The van der Waals surface area contributed by atoms with E-state index in [4.69, 9.17) is 0 Å². The van der Waals surface area contributed by atoms with Crippen LogP contribution in [-0.4, -0.2) is 56.5 Å². The molecule has 0 heterocycles. The number of carboxylic acid groups (broad SMARTS) is 2. The molecular weight excluding hydrogens is 156 g/mol. The van der Waals surface area contributed by atoms with E-state index in [1.807, 2.05) is 0 Å². The first-order valence-electron chi connectivity index (χ1n) is 1.66. The number of ether oxygens (including phenoxy) is 1. The number of rotatable bonds is 2. The Labute approximate surface area is 80.6 Å². The maximum Gasteiger partial charge on any atom is 2.00 e. The molecule has 0 aromatic rings. The summed E-state index contributed by atoms with van der Waals surface area (Å²) < 4.78 is 3.45. The minimum atomic E-state index is -1.87. The Morgan fingerprint density at radius 1 is 1.33 bits per heavy atom. The zero-order valence-electron chi connectivity index (χ0n) is 4.46. The van der Waals surface area contributed by atoms with Crippen LogP contribution in [0.15, 0.2) is 0 Å². The number of carbonyl (C=O) groups is 2. The van der Waals surface area contributed by atoms with E-state index in [1.54, 1.807) is 0 Å². The van der Waals surface area contributed by atoms with E-state index in [9.17, 15) is 19.8 Å². The SMILES string of the molecule is O=C([O-])COC(=O)[O-].[Ca+2]. The second kappa shape index (κ2) is 6.12. The number of hydrogen-bond acceptors (Lipinski definition) is 5. The largest absolute Gasteiger partial charge is 2.00 e. The van der Waals surface area contributed by atoms with Crippen LogP contribution in [0.5, 0.6) is 0 Å². The summed E-state index contributed by atoms with van der Waals surface area (Å²) >= 11 is 0. The molecule has 6 heteroatoms. The molecule has 0 N–H and O–H groups in total. The van der Waals surface area contributed by atoms with Gasteiger partial charge in [0.05, 0.1) is 12.6 Å². The fourth-order valence-electron chi connectivity index (χ4n) is 0.118.